The summed E-state index contributed by atoms with van der Waals surface area (Å²) < 4.78 is 86.7. The van der Waals surface area contributed by atoms with Gasteiger partial charge in [0.05, 0.1) is 17.9 Å². The summed E-state index contributed by atoms with van der Waals surface area (Å²) in [6, 6.07) is 13.1. The minimum Gasteiger partial charge on any atom is -0.457 e. The number of nitrogens with one attached hydrogen (secondary N) is 3. The maximum Gasteiger partial charge on any atom is 0.430 e. The maximum atomic E-state index is 13.6. The highest BCUT2D eigenvalue weighted by atomic mass is 19.4. The number of aryl methyl sites for hydroxylation is 1. The second kappa shape index (κ2) is 11.5. The molecule has 2 aliphatic rings. The molecule has 1 fully saturated rings. The van der Waals surface area contributed by atoms with Crippen molar-refractivity contribution in [2.45, 2.75) is 56.7 Å². The molecule has 0 aliphatic carbocycles. The number of urea groups is 1. The first-order chi connectivity index (χ1) is 21.1. The van der Waals surface area contributed by atoms with Gasteiger partial charge in [0.25, 0.3) is 11.5 Å². The first-order valence-corrected chi connectivity index (χ1v) is 14.1. The van der Waals surface area contributed by atoms with Crippen LogP contribution in [0.3, 0.4) is 0 Å². The number of benzene rings is 3. The molecule has 0 spiro atoms. The van der Waals surface area contributed by atoms with Crippen LogP contribution in [-0.4, -0.2) is 47.4 Å². The molecule has 3 aromatic rings. The lowest BCUT2D eigenvalue weighted by Crippen LogP contribution is -2.53. The van der Waals surface area contributed by atoms with Crippen molar-refractivity contribution in [2.75, 3.05) is 23.7 Å². The highest BCUT2D eigenvalue weighted by Gasteiger charge is 2.71. The molecule has 240 valence electrons. The van der Waals surface area contributed by atoms with E-state index in [0.717, 1.165) is 28.9 Å². The fourth-order valence-electron chi connectivity index (χ4n) is 5.46. The lowest BCUT2D eigenvalue weighted by Gasteiger charge is -2.33. The monoisotopic (exact) mass is 636 g/mol. The molecule has 1 saturated heterocycles. The van der Waals surface area contributed by atoms with Gasteiger partial charge >= 0.3 is 18.4 Å². The van der Waals surface area contributed by atoms with Crippen LogP contribution in [0.2, 0.25) is 0 Å². The Labute approximate surface area is 254 Å². The first kappa shape index (κ1) is 31.9. The molecule has 0 bridgehead atoms. The average molecular weight is 637 g/mol. The highest BCUT2D eigenvalue weighted by molar-refractivity contribution is 6.07. The van der Waals surface area contributed by atoms with Crippen LogP contribution in [0.5, 0.6) is 11.5 Å². The van der Waals surface area contributed by atoms with E-state index in [9.17, 15) is 41.0 Å². The highest BCUT2D eigenvalue weighted by Crippen LogP contribution is 2.50. The van der Waals surface area contributed by atoms with Gasteiger partial charge in [-0.2, -0.15) is 26.3 Å². The number of fused-ring (bicyclic) bond motifs is 1. The number of halogens is 6. The normalized spacial score (nSPS) is 18.6. The third kappa shape index (κ3) is 5.74. The SMILES string of the molecule is CCCc1cc(C(O)(C(F)(F)F)C(F)(F)F)ccc1Oc1cccc(CN2C(=O)NC(C)(c3ccc4c(c3)NCCN4)C2=O)c1. The predicted octanol–water partition coefficient (Wildman–Crippen LogP) is 6.55. The van der Waals surface area contributed by atoms with Crippen molar-refractivity contribution >= 4 is 23.3 Å². The number of aliphatic hydroxyl groups is 1. The van der Waals surface area contributed by atoms with E-state index in [4.69, 9.17) is 4.74 Å². The molecule has 5 rings (SSSR count). The number of rotatable bonds is 8. The fraction of sp³-hybridized carbons (Fsp3) is 0.355. The van der Waals surface area contributed by atoms with Crippen molar-refractivity contribution in [3.05, 3.63) is 82.9 Å². The van der Waals surface area contributed by atoms with Crippen molar-refractivity contribution < 1.29 is 45.8 Å². The molecule has 45 heavy (non-hydrogen) atoms. The lowest BCUT2D eigenvalue weighted by molar-refractivity contribution is -0.376. The van der Waals surface area contributed by atoms with Crippen molar-refractivity contribution in [1.29, 1.82) is 0 Å². The van der Waals surface area contributed by atoms with E-state index in [0.29, 0.717) is 36.2 Å². The minimum atomic E-state index is -6.02. The van der Waals surface area contributed by atoms with Crippen LogP contribution in [-0.2, 0) is 28.9 Å². The van der Waals surface area contributed by atoms with Gasteiger partial charge < -0.3 is 25.8 Å². The molecular weight excluding hydrogens is 606 g/mol. The molecule has 0 radical (unpaired) electrons. The van der Waals surface area contributed by atoms with E-state index < -0.39 is 41.0 Å². The number of hydrogen-bond donors (Lipinski definition) is 4. The fourth-order valence-corrected chi connectivity index (χ4v) is 5.46. The Kier molecular flexibility index (Phi) is 8.15. The van der Waals surface area contributed by atoms with Crippen LogP contribution in [0.1, 0.15) is 42.5 Å². The van der Waals surface area contributed by atoms with Gasteiger partial charge in [-0.1, -0.05) is 37.6 Å². The number of carbonyl (C=O) groups is 2. The van der Waals surface area contributed by atoms with Gasteiger partial charge in [0.15, 0.2) is 0 Å². The van der Waals surface area contributed by atoms with Crippen LogP contribution in [0.25, 0.3) is 0 Å². The van der Waals surface area contributed by atoms with Crippen molar-refractivity contribution in [3.8, 4) is 11.5 Å². The van der Waals surface area contributed by atoms with Crippen LogP contribution < -0.4 is 20.7 Å². The number of imide groups is 1. The van der Waals surface area contributed by atoms with E-state index in [1.165, 1.54) is 12.1 Å². The Bertz CT molecular complexity index is 1610. The summed E-state index contributed by atoms with van der Waals surface area (Å²) in [6.07, 6.45) is -11.6. The van der Waals surface area contributed by atoms with Crippen molar-refractivity contribution in [2.24, 2.45) is 0 Å². The van der Waals surface area contributed by atoms with Crippen LogP contribution in [0, 0.1) is 0 Å². The van der Waals surface area contributed by atoms with Gasteiger partial charge in [-0.25, -0.2) is 4.79 Å². The van der Waals surface area contributed by atoms with E-state index in [-0.39, 0.29) is 30.0 Å². The predicted molar refractivity (Wildman–Crippen MR) is 153 cm³/mol. The molecule has 2 heterocycles. The Hall–Kier alpha value is -4.46. The summed E-state index contributed by atoms with van der Waals surface area (Å²) in [5, 5.41) is 19.1. The molecule has 1 unspecified atom stereocenters. The van der Waals surface area contributed by atoms with Gasteiger partial charge in [0.1, 0.15) is 17.0 Å². The van der Waals surface area contributed by atoms with E-state index in [1.807, 2.05) is 6.07 Å². The largest absolute Gasteiger partial charge is 0.457 e. The molecule has 0 aromatic heterocycles. The van der Waals surface area contributed by atoms with Crippen molar-refractivity contribution in [3.63, 3.8) is 0 Å². The van der Waals surface area contributed by atoms with E-state index in [2.05, 4.69) is 16.0 Å². The lowest BCUT2D eigenvalue weighted by atomic mass is 9.90. The van der Waals surface area contributed by atoms with Gasteiger partial charge in [-0.15, -0.1) is 0 Å². The zero-order valence-corrected chi connectivity index (χ0v) is 24.2. The molecule has 3 amide bonds. The van der Waals surface area contributed by atoms with Crippen LogP contribution >= 0.6 is 0 Å². The second-order valence-corrected chi connectivity index (χ2v) is 11.1. The van der Waals surface area contributed by atoms with Gasteiger partial charge in [-0.05, 0) is 66.4 Å². The maximum absolute atomic E-state index is 13.6. The summed E-state index contributed by atoms with van der Waals surface area (Å²) in [5.41, 5.74) is -4.99. The van der Waals surface area contributed by atoms with Gasteiger partial charge in [0, 0.05) is 18.7 Å². The minimum absolute atomic E-state index is 0.0116. The number of ether oxygens (including phenoxy) is 1. The molecular formula is C31H30F6N4O4. The summed E-state index contributed by atoms with van der Waals surface area (Å²) in [6.45, 7) is 4.61. The number of carbonyl (C=O) groups excluding carboxylic acids is 2. The van der Waals surface area contributed by atoms with E-state index in [1.54, 1.807) is 38.1 Å². The number of nitrogens with zero attached hydrogens (tertiary/aromatic N) is 1. The third-order valence-corrected chi connectivity index (χ3v) is 7.91. The van der Waals surface area contributed by atoms with Crippen LogP contribution in [0.15, 0.2) is 60.7 Å². The summed E-state index contributed by atoms with van der Waals surface area (Å²) in [7, 11) is 0. The quantitative estimate of drug-likeness (QED) is 0.165. The Balaban J connectivity index is 1.38. The molecule has 14 heteroatoms. The molecule has 0 saturated carbocycles. The Morgan fingerprint density at radius 1 is 0.911 bits per heavy atom. The van der Waals surface area contributed by atoms with E-state index >= 15 is 0 Å². The number of amides is 3. The number of alkyl halides is 6. The zero-order chi connectivity index (χ0) is 32.8. The van der Waals surface area contributed by atoms with Crippen molar-refractivity contribution in [1.82, 2.24) is 10.2 Å². The smallest absolute Gasteiger partial charge is 0.430 e. The topological polar surface area (TPSA) is 103 Å². The van der Waals surface area contributed by atoms with Gasteiger partial charge in [0.2, 0.25) is 0 Å². The molecule has 2 aliphatic heterocycles. The Morgan fingerprint density at radius 3 is 2.27 bits per heavy atom. The van der Waals surface area contributed by atoms with Crippen LogP contribution in [0.4, 0.5) is 42.5 Å². The second-order valence-electron chi connectivity index (χ2n) is 11.1. The van der Waals surface area contributed by atoms with Gasteiger partial charge in [-0.3, -0.25) is 9.69 Å². The molecule has 1 atom stereocenters. The third-order valence-electron chi connectivity index (χ3n) is 7.91. The summed E-state index contributed by atoms with van der Waals surface area (Å²) >= 11 is 0. The summed E-state index contributed by atoms with van der Waals surface area (Å²) in [4.78, 5) is 27.6. The standard InChI is InChI=1S/C31H30F6N4O4/c1-3-5-19-15-21(29(44,30(32,33)34)31(35,36)37)9-11-25(19)45-22-7-4-6-18(14-22)17-41-26(42)28(2,40-27(41)43)20-8-10-23-24(16-20)39-13-12-38-23/h4,6-11,14-16,38-39,44H,3,5,12-13,17H2,1-2H3,(H,40,43). The molecule has 3 aromatic carbocycles. The molecule has 4 N–H and O–H groups in total. The first-order valence-electron chi connectivity index (χ1n) is 14.1. The number of anilines is 2. The number of hydrogen-bond acceptors (Lipinski definition) is 6. The molecule has 8 nitrogen and oxygen atoms in total. The summed E-state index contributed by atoms with van der Waals surface area (Å²) in [5.74, 6) is -0.324. The Morgan fingerprint density at radius 2 is 1.60 bits per heavy atom. The zero-order valence-electron chi connectivity index (χ0n) is 24.2. The average Bonchev–Trinajstić information content (AvgIpc) is 3.20.